The lowest BCUT2D eigenvalue weighted by Crippen LogP contribution is -2.59. The van der Waals surface area contributed by atoms with Crippen LogP contribution >= 0.6 is 23.2 Å². The van der Waals surface area contributed by atoms with Gasteiger partial charge < -0.3 is 19.4 Å². The number of rotatable bonds is 7. The van der Waals surface area contributed by atoms with E-state index in [-0.39, 0.29) is 23.3 Å². The average Bonchev–Trinajstić information content (AvgIpc) is 3.36. The van der Waals surface area contributed by atoms with Gasteiger partial charge >= 0.3 is 6.03 Å². The number of carbonyl (C=O) groups excluding carboxylic acids is 2. The first-order valence-corrected chi connectivity index (χ1v) is 19.2. The van der Waals surface area contributed by atoms with E-state index in [4.69, 9.17) is 37.9 Å². The van der Waals surface area contributed by atoms with Gasteiger partial charge in [0.2, 0.25) is 5.91 Å². The number of aliphatic imine (C=N–C) groups is 1. The fourth-order valence-corrected chi connectivity index (χ4v) is 8.01. The van der Waals surface area contributed by atoms with Crippen molar-refractivity contribution >= 4 is 41.0 Å². The highest BCUT2D eigenvalue weighted by molar-refractivity contribution is 6.30. The van der Waals surface area contributed by atoms with E-state index in [0.29, 0.717) is 53.3 Å². The smallest absolute Gasteiger partial charge is 0.326 e. The van der Waals surface area contributed by atoms with Crippen molar-refractivity contribution in [1.29, 1.82) is 0 Å². The van der Waals surface area contributed by atoms with Gasteiger partial charge in [0, 0.05) is 79.1 Å². The number of aromatic nitrogens is 1. The molecule has 0 unspecified atom stereocenters. The number of halogens is 2. The van der Waals surface area contributed by atoms with Crippen molar-refractivity contribution in [3.05, 3.63) is 93.2 Å². The molecule has 278 valence electrons. The summed E-state index contributed by atoms with van der Waals surface area (Å²) in [7, 11) is 2.09. The zero-order valence-electron chi connectivity index (χ0n) is 31.6. The molecule has 9 nitrogen and oxygen atoms in total. The third-order valence-electron chi connectivity index (χ3n) is 11.3. The third-order valence-corrected chi connectivity index (χ3v) is 11.8. The second-order valence-electron chi connectivity index (χ2n) is 15.8. The maximum atomic E-state index is 15.3. The fraction of sp³-hybridized carbons (Fsp3) is 0.512. The van der Waals surface area contributed by atoms with Crippen molar-refractivity contribution < 1.29 is 14.3 Å². The van der Waals surface area contributed by atoms with E-state index in [1.807, 2.05) is 76.2 Å². The molecule has 2 saturated heterocycles. The van der Waals surface area contributed by atoms with Gasteiger partial charge in [-0.2, -0.15) is 0 Å². The number of likely N-dealkylation sites (tertiary alicyclic amines) is 1. The molecule has 0 spiro atoms. The van der Waals surface area contributed by atoms with Crippen LogP contribution in [0.3, 0.4) is 0 Å². The van der Waals surface area contributed by atoms with Crippen LogP contribution in [-0.2, 0) is 21.3 Å². The van der Waals surface area contributed by atoms with Crippen molar-refractivity contribution in [2.45, 2.75) is 77.3 Å². The van der Waals surface area contributed by atoms with Crippen molar-refractivity contribution in [2.75, 3.05) is 52.9 Å². The first-order chi connectivity index (χ1) is 24.7. The number of pyridine rings is 1. The molecule has 52 heavy (non-hydrogen) atoms. The predicted molar refractivity (Wildman–Crippen MR) is 208 cm³/mol. The quantitative estimate of drug-likeness (QED) is 0.245. The van der Waals surface area contributed by atoms with Crippen LogP contribution in [0.15, 0.2) is 65.8 Å². The van der Waals surface area contributed by atoms with Gasteiger partial charge in [0.15, 0.2) is 0 Å². The molecule has 3 aromatic rings. The molecule has 0 aliphatic carbocycles. The molecular formula is C41H52Cl2N6O3. The Morgan fingerprint density at radius 2 is 1.44 bits per heavy atom. The SMILES string of the molecule is CCOc1cc(C(C)(C)C)ncc1C1=N[C@@](C)(c2ccc(Cl)cc2)[C@@](C)(c2ccc(Cl)cc2)N1C(=O)N1CCC(CC(=O)N2CCN(C)CC2)CC1. The number of urea groups is 1. The predicted octanol–water partition coefficient (Wildman–Crippen LogP) is 7.97. The van der Waals surface area contributed by atoms with Crippen LogP contribution in [0.25, 0.3) is 0 Å². The molecule has 3 aliphatic heterocycles. The highest BCUT2D eigenvalue weighted by atomic mass is 35.5. The maximum Gasteiger partial charge on any atom is 0.326 e. The highest BCUT2D eigenvalue weighted by Gasteiger charge is 2.60. The molecule has 1 aromatic heterocycles. The monoisotopic (exact) mass is 746 g/mol. The largest absolute Gasteiger partial charge is 0.493 e. The molecule has 2 aromatic carbocycles. The summed E-state index contributed by atoms with van der Waals surface area (Å²) in [5.41, 5.74) is 1.11. The van der Waals surface area contributed by atoms with Crippen LogP contribution in [0.2, 0.25) is 10.0 Å². The van der Waals surface area contributed by atoms with Crippen molar-refractivity contribution in [1.82, 2.24) is 24.6 Å². The number of hydrogen-bond acceptors (Lipinski definition) is 6. The lowest BCUT2D eigenvalue weighted by molar-refractivity contribution is -0.134. The van der Waals surface area contributed by atoms with E-state index in [1.165, 1.54) is 0 Å². The molecule has 4 heterocycles. The Hall–Kier alpha value is -3.66. The Bertz CT molecular complexity index is 1790. The van der Waals surface area contributed by atoms with E-state index in [0.717, 1.165) is 55.8 Å². The molecule has 11 heteroatoms. The minimum atomic E-state index is -1.02. The number of benzene rings is 2. The van der Waals surface area contributed by atoms with Gasteiger partial charge in [0.1, 0.15) is 22.7 Å². The molecular weight excluding hydrogens is 695 g/mol. The summed E-state index contributed by atoms with van der Waals surface area (Å²) in [5.74, 6) is 1.56. The number of amidine groups is 1. The second-order valence-corrected chi connectivity index (χ2v) is 16.7. The minimum absolute atomic E-state index is 0.153. The van der Waals surface area contributed by atoms with Gasteiger partial charge in [-0.15, -0.1) is 0 Å². The molecule has 0 N–H and O–H groups in total. The first-order valence-electron chi connectivity index (χ1n) is 18.5. The molecule has 3 amide bonds. The van der Waals surface area contributed by atoms with Crippen LogP contribution < -0.4 is 4.74 Å². The summed E-state index contributed by atoms with van der Waals surface area (Å²) < 4.78 is 6.30. The average molecular weight is 748 g/mol. The van der Waals surface area contributed by atoms with Crippen LogP contribution in [0, 0.1) is 5.92 Å². The van der Waals surface area contributed by atoms with Gasteiger partial charge in [0.25, 0.3) is 0 Å². The molecule has 0 radical (unpaired) electrons. The Morgan fingerprint density at radius 1 is 0.865 bits per heavy atom. The Labute approximate surface area is 318 Å². The zero-order chi connectivity index (χ0) is 37.4. The number of ether oxygens (including phenoxy) is 1. The zero-order valence-corrected chi connectivity index (χ0v) is 33.1. The Kier molecular flexibility index (Phi) is 11.0. The molecule has 0 saturated carbocycles. The highest BCUT2D eigenvalue weighted by Crippen LogP contribution is 2.54. The van der Waals surface area contributed by atoms with Crippen LogP contribution in [0.5, 0.6) is 5.75 Å². The van der Waals surface area contributed by atoms with Gasteiger partial charge in [-0.1, -0.05) is 68.2 Å². The van der Waals surface area contributed by atoms with E-state index < -0.39 is 11.1 Å². The van der Waals surface area contributed by atoms with Crippen molar-refractivity contribution in [3.63, 3.8) is 0 Å². The lowest BCUT2D eigenvalue weighted by Gasteiger charge is -2.47. The number of hydrogen-bond donors (Lipinski definition) is 0. The normalized spacial score (nSPS) is 23.2. The second kappa shape index (κ2) is 15.0. The van der Waals surface area contributed by atoms with E-state index in [9.17, 15) is 4.79 Å². The summed E-state index contributed by atoms with van der Waals surface area (Å²) in [6.45, 7) is 17.3. The standard InChI is InChI=1S/C41H52Cl2N6O3/c1-8-52-34-26-35(39(2,3)4)44-27-33(34)37-45-40(5,29-9-13-31(42)14-10-29)41(6,30-11-15-32(43)16-12-30)49(37)38(51)48-19-17-28(18-20-48)25-36(50)47-23-21-46(7)22-24-47/h9-16,26-28H,8,17-25H2,1-7H3/t40-,41+/m0/s1. The van der Waals surface area contributed by atoms with Crippen LogP contribution in [0.4, 0.5) is 4.79 Å². The minimum Gasteiger partial charge on any atom is -0.493 e. The summed E-state index contributed by atoms with van der Waals surface area (Å²) in [5, 5.41) is 1.22. The van der Waals surface area contributed by atoms with Crippen LogP contribution in [-0.4, -0.2) is 95.3 Å². The summed E-state index contributed by atoms with van der Waals surface area (Å²) in [6, 6.07) is 17.2. The number of piperidine rings is 1. The summed E-state index contributed by atoms with van der Waals surface area (Å²) >= 11 is 12.8. The van der Waals surface area contributed by atoms with E-state index in [2.05, 4.69) is 46.6 Å². The number of piperazine rings is 1. The lowest BCUT2D eigenvalue weighted by atomic mass is 9.71. The van der Waals surface area contributed by atoms with Crippen LogP contribution in [0.1, 0.15) is 83.2 Å². The van der Waals surface area contributed by atoms with Crippen molar-refractivity contribution in [3.8, 4) is 5.75 Å². The first kappa shape index (κ1) is 38.1. The number of nitrogens with zero attached hydrogens (tertiary/aromatic N) is 6. The number of amides is 3. The summed E-state index contributed by atoms with van der Waals surface area (Å²) in [6.07, 6.45) is 3.83. The molecule has 0 bridgehead atoms. The molecule has 6 rings (SSSR count). The molecule has 2 fully saturated rings. The number of carbonyl (C=O) groups is 2. The van der Waals surface area contributed by atoms with Crippen molar-refractivity contribution in [2.24, 2.45) is 10.9 Å². The Morgan fingerprint density at radius 3 is 2.00 bits per heavy atom. The maximum absolute atomic E-state index is 15.3. The van der Waals surface area contributed by atoms with Gasteiger partial charge in [-0.3, -0.25) is 19.7 Å². The van der Waals surface area contributed by atoms with Gasteiger partial charge in [-0.25, -0.2) is 4.79 Å². The number of likely N-dealkylation sites (N-methyl/N-ethyl adjacent to an activating group) is 1. The topological polar surface area (TPSA) is 81.6 Å². The fourth-order valence-electron chi connectivity index (χ4n) is 7.76. The Balaban J connectivity index is 1.41. The van der Waals surface area contributed by atoms with Gasteiger partial charge in [0.05, 0.1) is 12.2 Å². The molecule has 3 aliphatic rings. The summed E-state index contributed by atoms with van der Waals surface area (Å²) in [4.78, 5) is 47.0. The molecule has 2 atom stereocenters. The van der Waals surface area contributed by atoms with E-state index in [1.54, 1.807) is 6.20 Å². The van der Waals surface area contributed by atoms with E-state index >= 15 is 4.79 Å². The third kappa shape index (κ3) is 7.29. The van der Waals surface area contributed by atoms with Gasteiger partial charge in [-0.05, 0) is 82.0 Å².